The third-order valence-corrected chi connectivity index (χ3v) is 5.84. The van der Waals surface area contributed by atoms with Crippen molar-refractivity contribution in [2.24, 2.45) is 0 Å². The normalized spacial score (nSPS) is 20.1. The molecule has 1 fully saturated rings. The third kappa shape index (κ3) is 6.18. The first-order valence-corrected chi connectivity index (χ1v) is 11.4. The largest absolute Gasteiger partial charge is 0.306 e. The van der Waals surface area contributed by atoms with Crippen LogP contribution in [-0.2, 0) is 30.8 Å². The van der Waals surface area contributed by atoms with E-state index in [1.54, 1.807) is 0 Å². The Morgan fingerprint density at radius 2 is 0.969 bits per heavy atom. The van der Waals surface area contributed by atoms with Gasteiger partial charge in [0, 0.05) is 23.9 Å². The molecule has 0 bridgehead atoms. The fraction of sp³-hybridized carbons (Fsp3) is 0.556. The molecular formula is C27H39NO4. The summed E-state index contributed by atoms with van der Waals surface area (Å²) in [6.07, 6.45) is 1.11. The van der Waals surface area contributed by atoms with Gasteiger partial charge in [0.2, 0.25) is 5.79 Å². The second kappa shape index (κ2) is 8.88. The maximum atomic E-state index is 6.21. The van der Waals surface area contributed by atoms with Gasteiger partial charge in [0.25, 0.3) is 0 Å². The standard InChI is InChI=1S/C27H39NO4/c1-23(2)19-27(20-24(3,4)28-23,31-29-25(5,6)21-15-11-9-12-16-21)32-30-26(7,8)22-17-13-10-14-18-22/h9-18,28H,19-20H2,1-8H3. The molecule has 0 unspecified atom stereocenters. The summed E-state index contributed by atoms with van der Waals surface area (Å²) in [6, 6.07) is 20.1. The minimum Gasteiger partial charge on any atom is -0.306 e. The zero-order chi connectivity index (χ0) is 23.7. The molecular weight excluding hydrogens is 402 g/mol. The maximum absolute atomic E-state index is 6.21. The van der Waals surface area contributed by atoms with Crippen LogP contribution in [0.15, 0.2) is 60.7 Å². The van der Waals surface area contributed by atoms with Crippen LogP contribution in [0.2, 0.25) is 0 Å². The van der Waals surface area contributed by atoms with Crippen molar-refractivity contribution < 1.29 is 19.6 Å². The fourth-order valence-electron chi connectivity index (χ4n) is 4.68. The minimum absolute atomic E-state index is 0.248. The molecule has 0 saturated carbocycles. The molecule has 176 valence electrons. The van der Waals surface area contributed by atoms with Crippen LogP contribution in [0.3, 0.4) is 0 Å². The van der Waals surface area contributed by atoms with Crippen molar-refractivity contribution in [3.8, 4) is 0 Å². The van der Waals surface area contributed by atoms with E-state index in [4.69, 9.17) is 19.6 Å². The Morgan fingerprint density at radius 3 is 1.31 bits per heavy atom. The van der Waals surface area contributed by atoms with Crippen molar-refractivity contribution in [3.63, 3.8) is 0 Å². The topological polar surface area (TPSA) is 49.0 Å². The van der Waals surface area contributed by atoms with Crippen LogP contribution in [-0.4, -0.2) is 16.9 Å². The van der Waals surface area contributed by atoms with Gasteiger partial charge in [-0.3, -0.25) is 0 Å². The molecule has 3 rings (SSSR count). The van der Waals surface area contributed by atoms with Crippen LogP contribution in [0, 0.1) is 0 Å². The number of hydrogen-bond donors (Lipinski definition) is 1. The molecule has 1 heterocycles. The second-order valence-corrected chi connectivity index (χ2v) is 11.2. The molecule has 0 spiro atoms. The smallest absolute Gasteiger partial charge is 0.237 e. The highest BCUT2D eigenvalue weighted by atomic mass is 17.3. The lowest BCUT2D eigenvalue weighted by Gasteiger charge is -2.51. The predicted octanol–water partition coefficient (Wildman–Crippen LogP) is 6.39. The van der Waals surface area contributed by atoms with Gasteiger partial charge in [-0.15, -0.1) is 0 Å². The van der Waals surface area contributed by atoms with E-state index >= 15 is 0 Å². The van der Waals surface area contributed by atoms with Crippen LogP contribution in [0.5, 0.6) is 0 Å². The molecule has 0 radical (unpaired) electrons. The quantitative estimate of drug-likeness (QED) is 0.292. The van der Waals surface area contributed by atoms with Gasteiger partial charge >= 0.3 is 0 Å². The SMILES string of the molecule is CC1(C)CC(OOC(C)(C)c2ccccc2)(OOC(C)(C)c2ccccc2)CC(C)(C)N1. The lowest BCUT2D eigenvalue weighted by atomic mass is 9.79. The first-order chi connectivity index (χ1) is 14.7. The van der Waals surface area contributed by atoms with Crippen LogP contribution in [0.25, 0.3) is 0 Å². The molecule has 1 aliphatic heterocycles. The van der Waals surface area contributed by atoms with Gasteiger partial charge in [-0.1, -0.05) is 60.7 Å². The summed E-state index contributed by atoms with van der Waals surface area (Å²) in [4.78, 5) is 24.6. The highest BCUT2D eigenvalue weighted by Crippen LogP contribution is 2.42. The Balaban J connectivity index is 1.85. The fourth-order valence-corrected chi connectivity index (χ4v) is 4.68. The summed E-state index contributed by atoms with van der Waals surface area (Å²) in [5, 5.41) is 3.67. The first-order valence-electron chi connectivity index (χ1n) is 11.4. The number of piperidine rings is 1. The summed E-state index contributed by atoms with van der Waals surface area (Å²) >= 11 is 0. The van der Waals surface area contributed by atoms with E-state index in [9.17, 15) is 0 Å². The Hall–Kier alpha value is -1.76. The molecule has 0 aliphatic carbocycles. The average molecular weight is 442 g/mol. The van der Waals surface area contributed by atoms with Crippen LogP contribution < -0.4 is 5.32 Å². The number of rotatable bonds is 8. The molecule has 32 heavy (non-hydrogen) atoms. The van der Waals surface area contributed by atoms with Gasteiger partial charge in [0.1, 0.15) is 11.2 Å². The molecule has 0 aromatic heterocycles. The molecule has 1 saturated heterocycles. The summed E-state index contributed by atoms with van der Waals surface area (Å²) in [5.41, 5.74) is 0.225. The van der Waals surface area contributed by atoms with Crippen molar-refractivity contribution in [2.75, 3.05) is 0 Å². The Kier molecular flexibility index (Phi) is 6.90. The molecule has 0 atom stereocenters. The van der Waals surface area contributed by atoms with Crippen molar-refractivity contribution >= 4 is 0 Å². The van der Waals surface area contributed by atoms with Gasteiger partial charge in [-0.25, -0.2) is 9.78 Å². The van der Waals surface area contributed by atoms with Crippen molar-refractivity contribution in [3.05, 3.63) is 71.8 Å². The van der Waals surface area contributed by atoms with Gasteiger partial charge in [-0.2, -0.15) is 9.78 Å². The van der Waals surface area contributed by atoms with E-state index in [1.165, 1.54) is 0 Å². The Labute approximate surface area is 193 Å². The molecule has 5 nitrogen and oxygen atoms in total. The molecule has 2 aromatic carbocycles. The summed E-state index contributed by atoms with van der Waals surface area (Å²) in [5.74, 6) is -1.09. The summed E-state index contributed by atoms with van der Waals surface area (Å²) < 4.78 is 0. The number of hydrogen-bond acceptors (Lipinski definition) is 5. The number of nitrogens with one attached hydrogen (secondary N) is 1. The number of benzene rings is 2. The van der Waals surface area contributed by atoms with Crippen LogP contribution >= 0.6 is 0 Å². The monoisotopic (exact) mass is 441 g/mol. The molecule has 1 N–H and O–H groups in total. The molecule has 1 aliphatic rings. The van der Waals surface area contributed by atoms with Crippen molar-refractivity contribution in [1.82, 2.24) is 5.32 Å². The zero-order valence-corrected chi connectivity index (χ0v) is 20.8. The van der Waals surface area contributed by atoms with Gasteiger partial charge < -0.3 is 5.32 Å². The van der Waals surface area contributed by atoms with Gasteiger partial charge in [0.05, 0.1) is 0 Å². The van der Waals surface area contributed by atoms with Crippen LogP contribution in [0.4, 0.5) is 0 Å². The lowest BCUT2D eigenvalue weighted by Crippen LogP contribution is -2.65. The van der Waals surface area contributed by atoms with E-state index in [1.807, 2.05) is 88.4 Å². The molecule has 0 amide bonds. The maximum Gasteiger partial charge on any atom is 0.237 e. The Bertz CT molecular complexity index is 802. The van der Waals surface area contributed by atoms with E-state index < -0.39 is 17.0 Å². The van der Waals surface area contributed by atoms with E-state index in [-0.39, 0.29) is 11.1 Å². The molecule has 2 aromatic rings. The van der Waals surface area contributed by atoms with Gasteiger partial charge in [0.15, 0.2) is 0 Å². The predicted molar refractivity (Wildman–Crippen MR) is 127 cm³/mol. The van der Waals surface area contributed by atoms with E-state index in [2.05, 4.69) is 33.0 Å². The highest BCUT2D eigenvalue weighted by Gasteiger charge is 2.52. The Morgan fingerprint density at radius 1 is 0.625 bits per heavy atom. The van der Waals surface area contributed by atoms with Crippen LogP contribution in [0.1, 0.15) is 79.4 Å². The molecule has 5 heteroatoms. The third-order valence-electron chi connectivity index (χ3n) is 5.84. The summed E-state index contributed by atoms with van der Waals surface area (Å²) in [6.45, 7) is 16.5. The summed E-state index contributed by atoms with van der Waals surface area (Å²) in [7, 11) is 0. The highest BCUT2D eigenvalue weighted by molar-refractivity contribution is 5.21. The average Bonchev–Trinajstić information content (AvgIpc) is 2.70. The van der Waals surface area contributed by atoms with Crippen molar-refractivity contribution in [2.45, 2.75) is 96.3 Å². The zero-order valence-electron chi connectivity index (χ0n) is 20.8. The second-order valence-electron chi connectivity index (χ2n) is 11.2. The first kappa shape index (κ1) is 24.9. The minimum atomic E-state index is -1.09. The van der Waals surface area contributed by atoms with E-state index in [0.717, 1.165) is 11.1 Å². The van der Waals surface area contributed by atoms with E-state index in [0.29, 0.717) is 12.8 Å². The van der Waals surface area contributed by atoms with Gasteiger partial charge in [-0.05, 0) is 66.5 Å². The lowest BCUT2D eigenvalue weighted by molar-refractivity contribution is -0.556. The van der Waals surface area contributed by atoms with Crippen molar-refractivity contribution in [1.29, 1.82) is 0 Å².